The lowest BCUT2D eigenvalue weighted by molar-refractivity contribution is -0.384. The van der Waals surface area contributed by atoms with E-state index in [2.05, 4.69) is 0 Å². The fourth-order valence-corrected chi connectivity index (χ4v) is 1.52. The highest BCUT2D eigenvalue weighted by Crippen LogP contribution is 2.35. The topological polar surface area (TPSA) is 82.0 Å². The zero-order chi connectivity index (χ0) is 13.3. The van der Waals surface area contributed by atoms with Gasteiger partial charge in [0.25, 0.3) is 5.69 Å². The first-order chi connectivity index (χ1) is 8.40. The van der Waals surface area contributed by atoms with E-state index in [1.54, 1.807) is 0 Å². The van der Waals surface area contributed by atoms with E-state index in [1.165, 1.54) is 24.3 Å². The van der Waals surface area contributed by atoms with Gasteiger partial charge < -0.3 is 9.47 Å². The Hall–Kier alpha value is -1.95. The van der Waals surface area contributed by atoms with E-state index in [-0.39, 0.29) is 24.0 Å². The third kappa shape index (κ3) is 2.65. The minimum absolute atomic E-state index is 0.0572. The van der Waals surface area contributed by atoms with Crippen LogP contribution >= 0.6 is 0 Å². The quantitative estimate of drug-likeness (QED) is 0.353. The largest absolute Gasteiger partial charge is 0.459 e. The Morgan fingerprint density at radius 3 is 2.44 bits per heavy atom. The van der Waals surface area contributed by atoms with Gasteiger partial charge in [-0.25, -0.2) is 4.79 Å². The lowest BCUT2D eigenvalue weighted by atomic mass is 10.1. The SMILES string of the molecule is CC1(C)OC1COC(=O)c1ccc([N+](=O)[O-])cc1. The number of rotatable bonds is 4. The van der Waals surface area contributed by atoms with E-state index in [0.717, 1.165) is 0 Å². The maximum atomic E-state index is 11.6. The van der Waals surface area contributed by atoms with Crippen LogP contribution < -0.4 is 0 Å². The number of esters is 1. The lowest BCUT2D eigenvalue weighted by Gasteiger charge is -2.03. The number of hydrogen-bond acceptors (Lipinski definition) is 5. The maximum absolute atomic E-state index is 11.6. The molecule has 0 saturated carbocycles. The van der Waals surface area contributed by atoms with E-state index in [4.69, 9.17) is 9.47 Å². The van der Waals surface area contributed by atoms with Gasteiger partial charge in [-0.15, -0.1) is 0 Å². The molecule has 1 aliphatic rings. The molecule has 1 aliphatic heterocycles. The lowest BCUT2D eigenvalue weighted by Crippen LogP contribution is -2.14. The molecule has 0 spiro atoms. The smallest absolute Gasteiger partial charge is 0.338 e. The second-order valence-corrected chi connectivity index (χ2v) is 4.61. The van der Waals surface area contributed by atoms with Crippen molar-refractivity contribution < 1.29 is 19.2 Å². The number of carbonyl (C=O) groups excluding carboxylic acids is 1. The molecule has 1 heterocycles. The monoisotopic (exact) mass is 251 g/mol. The molecule has 6 nitrogen and oxygen atoms in total. The van der Waals surface area contributed by atoms with Gasteiger partial charge in [0.1, 0.15) is 12.7 Å². The molecular weight excluding hydrogens is 238 g/mol. The van der Waals surface area contributed by atoms with Crippen molar-refractivity contribution in [3.8, 4) is 0 Å². The molecule has 1 aromatic carbocycles. The van der Waals surface area contributed by atoms with Crippen LogP contribution in [0.25, 0.3) is 0 Å². The average Bonchev–Trinajstić information content (AvgIpc) is 2.94. The van der Waals surface area contributed by atoms with Crippen LogP contribution in [0.2, 0.25) is 0 Å². The van der Waals surface area contributed by atoms with Crippen LogP contribution in [0.3, 0.4) is 0 Å². The molecule has 0 aliphatic carbocycles. The first-order valence-electron chi connectivity index (χ1n) is 5.49. The molecule has 0 aromatic heterocycles. The second-order valence-electron chi connectivity index (χ2n) is 4.61. The Balaban J connectivity index is 1.91. The van der Waals surface area contributed by atoms with Crippen LogP contribution in [0, 0.1) is 10.1 Å². The number of non-ortho nitro benzene ring substituents is 1. The molecule has 1 fully saturated rings. The van der Waals surface area contributed by atoms with Gasteiger partial charge in [0, 0.05) is 12.1 Å². The molecule has 2 rings (SSSR count). The van der Waals surface area contributed by atoms with E-state index >= 15 is 0 Å². The van der Waals surface area contributed by atoms with Crippen molar-refractivity contribution in [3.63, 3.8) is 0 Å². The minimum Gasteiger partial charge on any atom is -0.459 e. The third-order valence-corrected chi connectivity index (χ3v) is 2.84. The van der Waals surface area contributed by atoms with Crippen molar-refractivity contribution in [1.29, 1.82) is 0 Å². The first kappa shape index (κ1) is 12.5. The number of nitro benzene ring substituents is 1. The Bertz CT molecular complexity index is 480. The third-order valence-electron chi connectivity index (χ3n) is 2.84. The number of ether oxygens (including phenoxy) is 2. The van der Waals surface area contributed by atoms with Gasteiger partial charge in [-0.1, -0.05) is 0 Å². The number of nitro groups is 1. The molecule has 6 heteroatoms. The molecule has 0 bridgehead atoms. The van der Waals surface area contributed by atoms with Gasteiger partial charge in [0.2, 0.25) is 0 Å². The molecule has 1 saturated heterocycles. The summed E-state index contributed by atoms with van der Waals surface area (Å²) in [5, 5.41) is 10.4. The van der Waals surface area contributed by atoms with Crippen LogP contribution in [0.1, 0.15) is 24.2 Å². The van der Waals surface area contributed by atoms with Crippen LogP contribution in [-0.2, 0) is 9.47 Å². The van der Waals surface area contributed by atoms with Crippen LogP contribution in [0.5, 0.6) is 0 Å². The van der Waals surface area contributed by atoms with Crippen molar-refractivity contribution in [2.75, 3.05) is 6.61 Å². The highest BCUT2D eigenvalue weighted by Gasteiger charge is 2.48. The molecule has 1 unspecified atom stereocenters. The van der Waals surface area contributed by atoms with Crippen LogP contribution in [0.4, 0.5) is 5.69 Å². The summed E-state index contributed by atoms with van der Waals surface area (Å²) >= 11 is 0. The van der Waals surface area contributed by atoms with Gasteiger partial charge in [-0.2, -0.15) is 0 Å². The van der Waals surface area contributed by atoms with Crippen molar-refractivity contribution in [2.24, 2.45) is 0 Å². The predicted octanol–water partition coefficient (Wildman–Crippen LogP) is 1.93. The highest BCUT2D eigenvalue weighted by atomic mass is 16.6. The van der Waals surface area contributed by atoms with Gasteiger partial charge in [0.05, 0.1) is 16.1 Å². The molecule has 0 radical (unpaired) electrons. The minimum atomic E-state index is -0.518. The summed E-state index contributed by atoms with van der Waals surface area (Å²) in [5.74, 6) is -0.504. The summed E-state index contributed by atoms with van der Waals surface area (Å²) in [4.78, 5) is 21.6. The van der Waals surface area contributed by atoms with Gasteiger partial charge in [-0.3, -0.25) is 10.1 Å². The van der Waals surface area contributed by atoms with Crippen molar-refractivity contribution in [3.05, 3.63) is 39.9 Å². The molecule has 1 aromatic rings. The number of hydrogen-bond donors (Lipinski definition) is 0. The van der Waals surface area contributed by atoms with E-state index < -0.39 is 10.9 Å². The van der Waals surface area contributed by atoms with E-state index in [0.29, 0.717) is 5.56 Å². The fourth-order valence-electron chi connectivity index (χ4n) is 1.52. The summed E-state index contributed by atoms with van der Waals surface area (Å²) in [6, 6.07) is 5.29. The standard InChI is InChI=1S/C12H13NO5/c1-12(2)10(18-12)7-17-11(14)8-3-5-9(6-4-8)13(15)16/h3-6,10H,7H2,1-2H3. The number of nitrogens with zero attached hydrogens (tertiary/aromatic N) is 1. The molecular formula is C12H13NO5. The average molecular weight is 251 g/mol. The number of epoxide rings is 1. The summed E-state index contributed by atoms with van der Waals surface area (Å²) in [5.41, 5.74) is 0.00715. The van der Waals surface area contributed by atoms with Crippen molar-refractivity contribution in [2.45, 2.75) is 25.6 Å². The Kier molecular flexibility index (Phi) is 3.04. The van der Waals surface area contributed by atoms with Crippen LogP contribution in [-0.4, -0.2) is 29.2 Å². The van der Waals surface area contributed by atoms with Crippen molar-refractivity contribution in [1.82, 2.24) is 0 Å². The van der Waals surface area contributed by atoms with Crippen LogP contribution in [0.15, 0.2) is 24.3 Å². The zero-order valence-corrected chi connectivity index (χ0v) is 10.1. The van der Waals surface area contributed by atoms with Gasteiger partial charge >= 0.3 is 5.97 Å². The molecule has 1 atom stereocenters. The second kappa shape index (κ2) is 4.38. The first-order valence-corrected chi connectivity index (χ1v) is 5.49. The Morgan fingerprint density at radius 1 is 1.44 bits per heavy atom. The highest BCUT2D eigenvalue weighted by molar-refractivity contribution is 5.89. The zero-order valence-electron chi connectivity index (χ0n) is 10.1. The normalized spacial score (nSPS) is 20.2. The van der Waals surface area contributed by atoms with E-state index in [9.17, 15) is 14.9 Å². The van der Waals surface area contributed by atoms with E-state index in [1.807, 2.05) is 13.8 Å². The molecule has 0 N–H and O–H groups in total. The predicted molar refractivity (Wildman–Crippen MR) is 62.3 cm³/mol. The number of carbonyl (C=O) groups is 1. The number of benzene rings is 1. The summed E-state index contributed by atoms with van der Waals surface area (Å²) < 4.78 is 10.3. The summed E-state index contributed by atoms with van der Waals surface area (Å²) in [7, 11) is 0. The molecule has 0 amide bonds. The summed E-state index contributed by atoms with van der Waals surface area (Å²) in [6.45, 7) is 4.03. The Labute approximate surface area is 104 Å². The maximum Gasteiger partial charge on any atom is 0.338 e. The molecule has 18 heavy (non-hydrogen) atoms. The molecule has 96 valence electrons. The van der Waals surface area contributed by atoms with Gasteiger partial charge in [-0.05, 0) is 26.0 Å². The summed E-state index contributed by atoms with van der Waals surface area (Å²) in [6.07, 6.45) is -0.0699. The van der Waals surface area contributed by atoms with Gasteiger partial charge in [0.15, 0.2) is 0 Å². The Morgan fingerprint density at radius 2 is 2.00 bits per heavy atom. The fraction of sp³-hybridized carbons (Fsp3) is 0.417. The van der Waals surface area contributed by atoms with Crippen molar-refractivity contribution >= 4 is 11.7 Å².